The van der Waals surface area contributed by atoms with Crippen molar-refractivity contribution in [3.8, 4) is 0 Å². The lowest BCUT2D eigenvalue weighted by Crippen LogP contribution is -2.17. The molecule has 0 atom stereocenters. The number of hydrogen-bond donors (Lipinski definition) is 2. The number of nitrogens with one attached hydrogen (secondary N) is 2. The highest BCUT2D eigenvalue weighted by Gasteiger charge is 2.12. The second kappa shape index (κ2) is 6.80. The fourth-order valence-corrected chi connectivity index (χ4v) is 2.87. The summed E-state index contributed by atoms with van der Waals surface area (Å²) in [5, 5.41) is 11.6. The molecule has 0 saturated heterocycles. The highest BCUT2D eigenvalue weighted by molar-refractivity contribution is 7.99. The molecule has 2 rings (SSSR count). The summed E-state index contributed by atoms with van der Waals surface area (Å²) in [4.78, 5) is 20.4. The van der Waals surface area contributed by atoms with Gasteiger partial charge in [-0.1, -0.05) is 18.7 Å². The Kier molecular flexibility index (Phi) is 5.07. The Morgan fingerprint density at radius 3 is 2.90 bits per heavy atom. The van der Waals surface area contributed by atoms with Gasteiger partial charge in [0.2, 0.25) is 0 Å². The first-order valence-electron chi connectivity index (χ1n) is 6.11. The van der Waals surface area contributed by atoms with E-state index in [0.29, 0.717) is 16.9 Å². The molecule has 108 valence electrons. The van der Waals surface area contributed by atoms with Gasteiger partial charge in [0.1, 0.15) is 10.8 Å². The van der Waals surface area contributed by atoms with Crippen LogP contribution in [0.25, 0.3) is 0 Å². The van der Waals surface area contributed by atoms with E-state index in [9.17, 15) is 4.79 Å². The predicted molar refractivity (Wildman–Crippen MR) is 80.6 cm³/mol. The monoisotopic (exact) mass is 312 g/mol. The second-order valence-electron chi connectivity index (χ2n) is 3.89. The Balaban J connectivity index is 2.32. The minimum atomic E-state index is -0.192. The highest BCUT2D eigenvalue weighted by Crippen LogP contribution is 2.26. The van der Waals surface area contributed by atoms with E-state index in [1.807, 2.05) is 26.3 Å². The Bertz CT molecular complexity index is 616. The smallest absolute Gasteiger partial charge is 0.343 e. The SMILES string of the molecule is CCCn1c(Sc2cc(NC)nc(SC)n2)n[nH]c1=O. The molecule has 2 aromatic rings. The van der Waals surface area contributed by atoms with E-state index >= 15 is 0 Å². The molecule has 0 amide bonds. The van der Waals surface area contributed by atoms with Gasteiger partial charge in [0.25, 0.3) is 0 Å². The van der Waals surface area contributed by atoms with Crippen molar-refractivity contribution in [3.63, 3.8) is 0 Å². The van der Waals surface area contributed by atoms with Gasteiger partial charge < -0.3 is 5.32 Å². The second-order valence-corrected chi connectivity index (χ2v) is 5.65. The Labute approximate surface area is 125 Å². The third-order valence-corrected chi connectivity index (χ3v) is 3.95. The summed E-state index contributed by atoms with van der Waals surface area (Å²) in [6, 6.07) is 1.83. The van der Waals surface area contributed by atoms with E-state index < -0.39 is 0 Å². The molecule has 0 saturated carbocycles. The number of H-pyrrole nitrogens is 1. The van der Waals surface area contributed by atoms with Crippen molar-refractivity contribution in [2.24, 2.45) is 0 Å². The molecule has 0 radical (unpaired) electrons. The minimum absolute atomic E-state index is 0.192. The van der Waals surface area contributed by atoms with E-state index in [0.717, 1.165) is 17.3 Å². The summed E-state index contributed by atoms with van der Waals surface area (Å²) in [5.41, 5.74) is -0.192. The summed E-state index contributed by atoms with van der Waals surface area (Å²) >= 11 is 2.82. The van der Waals surface area contributed by atoms with Gasteiger partial charge in [0.15, 0.2) is 10.3 Å². The third-order valence-electron chi connectivity index (χ3n) is 2.49. The number of rotatable bonds is 6. The quantitative estimate of drug-likeness (QED) is 0.476. The van der Waals surface area contributed by atoms with Crippen LogP contribution in [0.1, 0.15) is 13.3 Å². The van der Waals surface area contributed by atoms with Gasteiger partial charge in [-0.25, -0.2) is 19.9 Å². The molecule has 0 aliphatic carbocycles. The van der Waals surface area contributed by atoms with Gasteiger partial charge in [-0.15, -0.1) is 5.10 Å². The number of nitrogens with zero attached hydrogens (tertiary/aromatic N) is 4. The van der Waals surface area contributed by atoms with Crippen LogP contribution in [0.4, 0.5) is 5.82 Å². The van der Waals surface area contributed by atoms with Crippen LogP contribution in [0, 0.1) is 0 Å². The van der Waals surface area contributed by atoms with Crippen LogP contribution in [-0.4, -0.2) is 38.0 Å². The normalized spacial score (nSPS) is 10.8. The van der Waals surface area contributed by atoms with E-state index in [4.69, 9.17) is 0 Å². The molecule has 0 aliphatic rings. The number of aromatic amines is 1. The molecule has 7 nitrogen and oxygen atoms in total. The maximum absolute atomic E-state index is 11.6. The third kappa shape index (κ3) is 3.34. The zero-order chi connectivity index (χ0) is 14.5. The topological polar surface area (TPSA) is 88.5 Å². The molecular formula is C11H16N6OS2. The van der Waals surface area contributed by atoms with Crippen LogP contribution in [0.3, 0.4) is 0 Å². The lowest BCUT2D eigenvalue weighted by Gasteiger charge is -2.06. The Hall–Kier alpha value is -1.48. The molecule has 0 aromatic carbocycles. The highest BCUT2D eigenvalue weighted by atomic mass is 32.2. The standard InChI is InChI=1S/C11H16N6OS2/c1-4-5-17-10(18)15-16-11(17)20-8-6-7(12-2)13-9(14-8)19-3/h6H,4-5H2,1-3H3,(H,15,18)(H,12,13,14). The van der Waals surface area contributed by atoms with Gasteiger partial charge in [-0.3, -0.25) is 4.57 Å². The molecule has 2 N–H and O–H groups in total. The van der Waals surface area contributed by atoms with Crippen molar-refractivity contribution < 1.29 is 0 Å². The fraction of sp³-hybridized carbons (Fsp3) is 0.455. The van der Waals surface area contributed by atoms with Crippen LogP contribution in [-0.2, 0) is 6.54 Å². The van der Waals surface area contributed by atoms with Gasteiger partial charge in [-0.05, 0) is 24.4 Å². The average molecular weight is 312 g/mol. The van der Waals surface area contributed by atoms with Crippen molar-refractivity contribution in [2.75, 3.05) is 18.6 Å². The molecular weight excluding hydrogens is 296 g/mol. The number of thioether (sulfide) groups is 1. The van der Waals surface area contributed by atoms with Gasteiger partial charge >= 0.3 is 5.69 Å². The molecule has 9 heteroatoms. The largest absolute Gasteiger partial charge is 0.373 e. The van der Waals surface area contributed by atoms with Crippen molar-refractivity contribution in [1.29, 1.82) is 0 Å². The molecule has 2 aromatic heterocycles. The van der Waals surface area contributed by atoms with Crippen LogP contribution < -0.4 is 11.0 Å². The lowest BCUT2D eigenvalue weighted by atomic mass is 10.5. The summed E-state index contributed by atoms with van der Waals surface area (Å²) in [6.07, 6.45) is 2.79. The van der Waals surface area contributed by atoms with Crippen LogP contribution in [0.2, 0.25) is 0 Å². The maximum Gasteiger partial charge on any atom is 0.343 e. The average Bonchev–Trinajstić information content (AvgIpc) is 2.80. The van der Waals surface area contributed by atoms with E-state index in [2.05, 4.69) is 25.5 Å². The van der Waals surface area contributed by atoms with Gasteiger partial charge in [0.05, 0.1) is 0 Å². The zero-order valence-corrected chi connectivity index (χ0v) is 13.1. The molecule has 0 bridgehead atoms. The summed E-state index contributed by atoms with van der Waals surface area (Å²) in [7, 11) is 1.81. The molecule has 0 unspecified atom stereocenters. The van der Waals surface area contributed by atoms with E-state index in [1.165, 1.54) is 23.5 Å². The fourth-order valence-electron chi connectivity index (χ4n) is 1.57. The molecule has 0 spiro atoms. The summed E-state index contributed by atoms with van der Waals surface area (Å²) in [6.45, 7) is 2.65. The van der Waals surface area contributed by atoms with Crippen LogP contribution in [0.5, 0.6) is 0 Å². The molecule has 20 heavy (non-hydrogen) atoms. The van der Waals surface area contributed by atoms with Crippen LogP contribution in [0.15, 0.2) is 26.2 Å². The van der Waals surface area contributed by atoms with Crippen molar-refractivity contribution in [2.45, 2.75) is 35.2 Å². The van der Waals surface area contributed by atoms with Crippen molar-refractivity contribution >= 4 is 29.3 Å². The van der Waals surface area contributed by atoms with E-state index in [-0.39, 0.29) is 5.69 Å². The van der Waals surface area contributed by atoms with Crippen molar-refractivity contribution in [1.82, 2.24) is 24.7 Å². The lowest BCUT2D eigenvalue weighted by molar-refractivity contribution is 0.603. The molecule has 0 aliphatic heterocycles. The van der Waals surface area contributed by atoms with Gasteiger partial charge in [0, 0.05) is 19.7 Å². The van der Waals surface area contributed by atoms with Crippen LogP contribution >= 0.6 is 23.5 Å². The van der Waals surface area contributed by atoms with Gasteiger partial charge in [-0.2, -0.15) is 0 Å². The first-order valence-corrected chi connectivity index (χ1v) is 8.16. The summed E-state index contributed by atoms with van der Waals surface area (Å²) < 4.78 is 1.62. The minimum Gasteiger partial charge on any atom is -0.373 e. The van der Waals surface area contributed by atoms with Crippen molar-refractivity contribution in [3.05, 3.63) is 16.6 Å². The number of hydrogen-bond acceptors (Lipinski definition) is 7. The Morgan fingerprint density at radius 1 is 1.45 bits per heavy atom. The zero-order valence-electron chi connectivity index (χ0n) is 11.5. The predicted octanol–water partition coefficient (Wildman–Crippen LogP) is 1.69. The maximum atomic E-state index is 11.6. The Morgan fingerprint density at radius 2 is 2.25 bits per heavy atom. The molecule has 0 fully saturated rings. The number of aromatic nitrogens is 5. The molecule has 2 heterocycles. The number of anilines is 1. The first-order chi connectivity index (χ1) is 9.67. The first kappa shape index (κ1) is 14.9. The summed E-state index contributed by atoms with van der Waals surface area (Å²) in [5.74, 6) is 0.742. The van der Waals surface area contributed by atoms with E-state index in [1.54, 1.807) is 4.57 Å².